The summed E-state index contributed by atoms with van der Waals surface area (Å²) in [4.78, 5) is 0. The Balaban J connectivity index is 2.41. The highest BCUT2D eigenvalue weighted by molar-refractivity contribution is 7.99. The van der Waals surface area contributed by atoms with Crippen LogP contribution in [0.3, 0.4) is 0 Å². The fraction of sp³-hybridized carbons (Fsp3) is 0.750. The summed E-state index contributed by atoms with van der Waals surface area (Å²) >= 11 is 1.89. The predicted octanol–water partition coefficient (Wildman–Crippen LogP) is 2.48. The minimum absolute atomic E-state index is 0.0742. The van der Waals surface area contributed by atoms with Crippen LogP contribution in [-0.4, -0.2) is 27.8 Å². The Morgan fingerprint density at radius 2 is 2.19 bits per heavy atom. The molecule has 0 radical (unpaired) electrons. The zero-order valence-corrected chi connectivity index (χ0v) is 11.8. The molecule has 0 saturated carbocycles. The van der Waals surface area contributed by atoms with Gasteiger partial charge in [0.25, 0.3) is 0 Å². The molecule has 4 heteroatoms. The number of thioether (sulfide) groups is 1. The topological polar surface area (TPSA) is 29.9 Å². The first-order valence-corrected chi connectivity index (χ1v) is 7.00. The van der Waals surface area contributed by atoms with Gasteiger partial charge in [0.05, 0.1) is 11.7 Å². The first-order chi connectivity index (χ1) is 7.43. The summed E-state index contributed by atoms with van der Waals surface area (Å²) in [6.07, 6.45) is 6.21. The molecule has 1 N–H and O–H groups in total. The van der Waals surface area contributed by atoms with Crippen molar-refractivity contribution in [3.05, 3.63) is 18.0 Å². The molecule has 0 amide bonds. The first kappa shape index (κ1) is 13.6. The van der Waals surface area contributed by atoms with E-state index in [-0.39, 0.29) is 5.54 Å². The van der Waals surface area contributed by atoms with Gasteiger partial charge in [0.2, 0.25) is 0 Å². The van der Waals surface area contributed by atoms with E-state index < -0.39 is 0 Å². The third kappa shape index (κ3) is 4.18. The lowest BCUT2D eigenvalue weighted by molar-refractivity contribution is 0.355. The molecule has 3 nitrogen and oxygen atoms in total. The summed E-state index contributed by atoms with van der Waals surface area (Å²) < 4.78 is 2.02. The van der Waals surface area contributed by atoms with Crippen molar-refractivity contribution in [1.29, 1.82) is 0 Å². The summed E-state index contributed by atoms with van der Waals surface area (Å²) in [5.41, 5.74) is 1.33. The monoisotopic (exact) mass is 241 g/mol. The molecule has 0 aromatic carbocycles. The molecule has 0 bridgehead atoms. The smallest absolute Gasteiger partial charge is 0.0543 e. The van der Waals surface area contributed by atoms with Gasteiger partial charge in [0.15, 0.2) is 0 Å². The van der Waals surface area contributed by atoms with Gasteiger partial charge in [0, 0.05) is 30.1 Å². The number of aromatic nitrogens is 2. The van der Waals surface area contributed by atoms with Gasteiger partial charge in [-0.3, -0.25) is 4.68 Å². The fourth-order valence-electron chi connectivity index (χ4n) is 1.32. The predicted molar refractivity (Wildman–Crippen MR) is 71.9 cm³/mol. The Hall–Kier alpha value is -0.480. The number of nitrogens with one attached hydrogen (secondary N) is 1. The Kier molecular flexibility index (Phi) is 4.87. The van der Waals surface area contributed by atoms with Crippen molar-refractivity contribution in [2.75, 3.05) is 12.8 Å². The van der Waals surface area contributed by atoms with Crippen LogP contribution in [0.15, 0.2) is 12.4 Å². The van der Waals surface area contributed by atoms with Crippen LogP contribution >= 0.6 is 11.8 Å². The van der Waals surface area contributed by atoms with E-state index in [2.05, 4.69) is 50.6 Å². The van der Waals surface area contributed by atoms with Crippen LogP contribution in [0.5, 0.6) is 0 Å². The normalized spacial score (nSPS) is 14.1. The van der Waals surface area contributed by atoms with E-state index in [1.807, 2.05) is 22.6 Å². The van der Waals surface area contributed by atoms with Gasteiger partial charge in [-0.05, 0) is 27.0 Å². The van der Waals surface area contributed by atoms with Gasteiger partial charge in [0.1, 0.15) is 0 Å². The van der Waals surface area contributed by atoms with Crippen molar-refractivity contribution >= 4 is 11.8 Å². The Morgan fingerprint density at radius 1 is 1.50 bits per heavy atom. The minimum Gasteiger partial charge on any atom is -0.311 e. The van der Waals surface area contributed by atoms with E-state index in [4.69, 9.17) is 0 Å². The van der Waals surface area contributed by atoms with Gasteiger partial charge in [-0.1, -0.05) is 6.92 Å². The molecule has 1 aromatic rings. The van der Waals surface area contributed by atoms with Crippen molar-refractivity contribution < 1.29 is 0 Å². The lowest BCUT2D eigenvalue weighted by atomic mass is 10.1. The largest absolute Gasteiger partial charge is 0.311 e. The van der Waals surface area contributed by atoms with E-state index in [9.17, 15) is 0 Å². The molecule has 1 aromatic heterocycles. The number of rotatable bonds is 5. The maximum absolute atomic E-state index is 4.38. The van der Waals surface area contributed by atoms with Gasteiger partial charge >= 0.3 is 0 Å². The molecule has 1 atom stereocenters. The van der Waals surface area contributed by atoms with Crippen molar-refractivity contribution in [3.63, 3.8) is 0 Å². The first-order valence-electron chi connectivity index (χ1n) is 5.71. The SMILES string of the molecule is CSC(C)CNCc1cnn(C(C)(C)C)c1. The molecule has 1 heterocycles. The van der Waals surface area contributed by atoms with Gasteiger partial charge < -0.3 is 5.32 Å². The van der Waals surface area contributed by atoms with E-state index in [1.165, 1.54) is 5.56 Å². The maximum atomic E-state index is 4.38. The number of hydrogen-bond acceptors (Lipinski definition) is 3. The van der Waals surface area contributed by atoms with E-state index in [1.54, 1.807) is 0 Å². The van der Waals surface area contributed by atoms with Crippen LogP contribution in [0.4, 0.5) is 0 Å². The molecule has 0 aliphatic heterocycles. The zero-order valence-electron chi connectivity index (χ0n) is 10.9. The Bertz CT molecular complexity index is 314. The molecule has 1 unspecified atom stereocenters. The summed E-state index contributed by atoms with van der Waals surface area (Å²) in [7, 11) is 0. The van der Waals surface area contributed by atoms with Crippen molar-refractivity contribution in [3.8, 4) is 0 Å². The molecule has 16 heavy (non-hydrogen) atoms. The van der Waals surface area contributed by atoms with E-state index >= 15 is 0 Å². The molecule has 92 valence electrons. The standard InChI is InChI=1S/C12H23N3S/c1-10(16-5)6-13-7-11-8-14-15(9-11)12(2,3)4/h8-10,13H,6-7H2,1-5H3. The third-order valence-electron chi connectivity index (χ3n) is 2.49. The molecule has 0 spiro atoms. The van der Waals surface area contributed by atoms with Gasteiger partial charge in [-0.2, -0.15) is 16.9 Å². The average molecular weight is 241 g/mol. The van der Waals surface area contributed by atoms with Crippen LogP contribution in [0.1, 0.15) is 33.3 Å². The second-order valence-electron chi connectivity index (χ2n) is 5.14. The zero-order chi connectivity index (χ0) is 12.2. The number of hydrogen-bond donors (Lipinski definition) is 1. The third-order valence-corrected chi connectivity index (χ3v) is 3.46. The average Bonchev–Trinajstić information content (AvgIpc) is 2.65. The molecule has 0 fully saturated rings. The molecule has 0 aliphatic carbocycles. The van der Waals surface area contributed by atoms with E-state index in [0.29, 0.717) is 5.25 Å². The van der Waals surface area contributed by atoms with E-state index in [0.717, 1.165) is 13.1 Å². The van der Waals surface area contributed by atoms with Gasteiger partial charge in [-0.15, -0.1) is 0 Å². The Morgan fingerprint density at radius 3 is 2.69 bits per heavy atom. The van der Waals surface area contributed by atoms with Gasteiger partial charge in [-0.25, -0.2) is 0 Å². The number of nitrogens with zero attached hydrogens (tertiary/aromatic N) is 2. The van der Waals surface area contributed by atoms with Crippen LogP contribution in [0.25, 0.3) is 0 Å². The summed E-state index contributed by atoms with van der Waals surface area (Å²) in [5, 5.41) is 8.48. The van der Waals surface area contributed by atoms with Crippen molar-refractivity contribution in [1.82, 2.24) is 15.1 Å². The molecular formula is C12H23N3S. The highest BCUT2D eigenvalue weighted by atomic mass is 32.2. The van der Waals surface area contributed by atoms with Crippen LogP contribution < -0.4 is 5.32 Å². The second-order valence-corrected chi connectivity index (χ2v) is 6.42. The van der Waals surface area contributed by atoms with Crippen molar-refractivity contribution in [2.24, 2.45) is 0 Å². The van der Waals surface area contributed by atoms with Crippen LogP contribution in [0, 0.1) is 0 Å². The molecule has 1 rings (SSSR count). The highest BCUT2D eigenvalue weighted by Crippen LogP contribution is 2.13. The van der Waals surface area contributed by atoms with Crippen LogP contribution in [-0.2, 0) is 12.1 Å². The summed E-state index contributed by atoms with van der Waals surface area (Å²) in [5.74, 6) is 0. The van der Waals surface area contributed by atoms with Crippen molar-refractivity contribution in [2.45, 2.75) is 45.0 Å². The Labute approximate surface area is 103 Å². The highest BCUT2D eigenvalue weighted by Gasteiger charge is 2.13. The quantitative estimate of drug-likeness (QED) is 0.859. The van der Waals surface area contributed by atoms with Crippen LogP contribution in [0.2, 0.25) is 0 Å². The maximum Gasteiger partial charge on any atom is 0.0543 e. The fourth-order valence-corrected chi connectivity index (χ4v) is 1.61. The summed E-state index contributed by atoms with van der Waals surface area (Å²) in [6.45, 7) is 10.7. The lowest BCUT2D eigenvalue weighted by Crippen LogP contribution is -2.23. The lowest BCUT2D eigenvalue weighted by Gasteiger charge is -2.18. The molecule has 0 saturated heterocycles. The second kappa shape index (κ2) is 5.73. The molecular weight excluding hydrogens is 218 g/mol. The molecule has 0 aliphatic rings. The minimum atomic E-state index is 0.0742. The summed E-state index contributed by atoms with van der Waals surface area (Å²) in [6, 6.07) is 0.